The number of carbonyl (C=O) groups is 2. The van der Waals surface area contributed by atoms with E-state index in [-0.39, 0.29) is 0 Å². The molecule has 1 aromatic carbocycles. The van der Waals surface area contributed by atoms with Crippen LogP contribution in [0.3, 0.4) is 0 Å². The molecule has 1 aliphatic heterocycles. The number of fused-ring (bicyclic) bond motifs is 1. The molecule has 3 nitrogen and oxygen atoms in total. The molecule has 15 heavy (non-hydrogen) atoms. The van der Waals surface area contributed by atoms with E-state index < -0.39 is 20.0 Å². The highest BCUT2D eigenvalue weighted by Gasteiger charge is 2.35. The molecule has 0 fully saturated rings. The largest absolute Gasteiger partial charge is 0.386 e. The molecule has 0 amide bonds. The molecular formula is C11H12O3Si. The number of esters is 2. The molecular weight excluding hydrogens is 208 g/mol. The number of hydrogen-bond donors (Lipinski definition) is 0. The zero-order valence-corrected chi connectivity index (χ0v) is 9.96. The van der Waals surface area contributed by atoms with E-state index in [1.807, 2.05) is 12.1 Å². The molecule has 0 bridgehead atoms. The lowest BCUT2D eigenvalue weighted by Crippen LogP contribution is -2.41. The Hall–Kier alpha value is -1.42. The summed E-state index contributed by atoms with van der Waals surface area (Å²) >= 11 is 0. The lowest BCUT2D eigenvalue weighted by molar-refractivity contribution is 0.0444. The number of benzene rings is 1. The quantitative estimate of drug-likeness (QED) is 0.409. The molecule has 78 valence electrons. The van der Waals surface area contributed by atoms with Crippen molar-refractivity contribution in [2.45, 2.75) is 19.6 Å². The van der Waals surface area contributed by atoms with Gasteiger partial charge in [-0.3, -0.25) is 0 Å². The number of ether oxygens (including phenoxy) is 1. The van der Waals surface area contributed by atoms with E-state index in [0.29, 0.717) is 11.1 Å². The third-order valence-electron chi connectivity index (χ3n) is 2.48. The van der Waals surface area contributed by atoms with E-state index in [1.165, 1.54) is 0 Å². The van der Waals surface area contributed by atoms with E-state index in [1.54, 1.807) is 6.07 Å². The van der Waals surface area contributed by atoms with Gasteiger partial charge >= 0.3 is 11.9 Å². The first-order valence-electron chi connectivity index (χ1n) is 4.81. The van der Waals surface area contributed by atoms with Gasteiger partial charge < -0.3 is 4.74 Å². The molecule has 0 saturated heterocycles. The molecule has 4 heteroatoms. The van der Waals surface area contributed by atoms with Gasteiger partial charge in [-0.05, 0) is 11.3 Å². The maximum absolute atomic E-state index is 11.5. The van der Waals surface area contributed by atoms with Crippen LogP contribution in [0.1, 0.15) is 20.7 Å². The van der Waals surface area contributed by atoms with Crippen molar-refractivity contribution >= 4 is 25.2 Å². The van der Waals surface area contributed by atoms with E-state index in [9.17, 15) is 9.59 Å². The second-order valence-electron chi connectivity index (χ2n) is 4.66. The summed E-state index contributed by atoms with van der Waals surface area (Å²) in [5, 5.41) is 0.996. The van der Waals surface area contributed by atoms with Crippen molar-refractivity contribution in [1.82, 2.24) is 0 Å². The summed E-state index contributed by atoms with van der Waals surface area (Å²) in [6, 6.07) is 5.38. The molecule has 0 unspecified atom stereocenters. The summed E-state index contributed by atoms with van der Waals surface area (Å²) in [5.41, 5.74) is 0.904. The Morgan fingerprint density at radius 1 is 1.07 bits per heavy atom. The lowest BCUT2D eigenvalue weighted by Gasteiger charge is -2.18. The van der Waals surface area contributed by atoms with Crippen molar-refractivity contribution < 1.29 is 14.3 Å². The smallest absolute Gasteiger partial charge is 0.346 e. The van der Waals surface area contributed by atoms with Gasteiger partial charge in [-0.25, -0.2) is 9.59 Å². The van der Waals surface area contributed by atoms with Crippen molar-refractivity contribution in [3.8, 4) is 0 Å². The van der Waals surface area contributed by atoms with Crippen LogP contribution in [0.25, 0.3) is 0 Å². The van der Waals surface area contributed by atoms with Gasteiger partial charge in [0.25, 0.3) is 0 Å². The van der Waals surface area contributed by atoms with Crippen LogP contribution in [0.15, 0.2) is 18.2 Å². The predicted molar refractivity (Wildman–Crippen MR) is 59.2 cm³/mol. The van der Waals surface area contributed by atoms with Crippen LogP contribution in [-0.4, -0.2) is 20.0 Å². The predicted octanol–water partition coefficient (Wildman–Crippen LogP) is 1.54. The zero-order chi connectivity index (χ0) is 11.2. The molecule has 1 aliphatic rings. The topological polar surface area (TPSA) is 43.4 Å². The van der Waals surface area contributed by atoms with Crippen molar-refractivity contribution in [1.29, 1.82) is 0 Å². The Balaban J connectivity index is 2.71. The fourth-order valence-corrected chi connectivity index (χ4v) is 3.34. The van der Waals surface area contributed by atoms with E-state index in [0.717, 1.165) is 5.19 Å². The SMILES string of the molecule is C[Si](C)(C)c1cccc2c1C(=O)OC2=O. The Labute approximate surface area is 89.1 Å². The Morgan fingerprint density at radius 2 is 1.73 bits per heavy atom. The van der Waals surface area contributed by atoms with Crippen LogP contribution >= 0.6 is 0 Å². The van der Waals surface area contributed by atoms with Gasteiger partial charge in [0.1, 0.15) is 0 Å². The molecule has 0 saturated carbocycles. The van der Waals surface area contributed by atoms with E-state index in [4.69, 9.17) is 0 Å². The summed E-state index contributed by atoms with van der Waals surface area (Å²) in [7, 11) is -1.61. The third kappa shape index (κ3) is 1.50. The first-order chi connectivity index (χ1) is 6.91. The summed E-state index contributed by atoms with van der Waals surface area (Å²) in [5.74, 6) is -1.01. The van der Waals surface area contributed by atoms with Gasteiger partial charge in [0.15, 0.2) is 0 Å². The first kappa shape index (κ1) is 10.1. The molecule has 0 aromatic heterocycles. The van der Waals surface area contributed by atoms with Crippen molar-refractivity contribution in [2.75, 3.05) is 0 Å². The van der Waals surface area contributed by atoms with Crippen molar-refractivity contribution in [2.24, 2.45) is 0 Å². The van der Waals surface area contributed by atoms with Gasteiger partial charge in [-0.15, -0.1) is 0 Å². The van der Waals surface area contributed by atoms with E-state index in [2.05, 4.69) is 24.4 Å². The highest BCUT2D eigenvalue weighted by Crippen LogP contribution is 2.20. The summed E-state index contributed by atoms with van der Waals surface area (Å²) in [6.07, 6.45) is 0. The average Bonchev–Trinajstić information content (AvgIpc) is 2.41. The standard InChI is InChI=1S/C11H12O3Si/c1-15(2,3)8-6-4-5-7-9(8)11(13)14-10(7)12/h4-6H,1-3H3. The second kappa shape index (κ2) is 3.03. The maximum Gasteiger partial charge on any atom is 0.346 e. The fourth-order valence-electron chi connectivity index (χ4n) is 1.76. The van der Waals surface area contributed by atoms with Gasteiger partial charge in [-0.1, -0.05) is 31.8 Å². The lowest BCUT2D eigenvalue weighted by atomic mass is 10.1. The molecule has 1 aromatic rings. The molecule has 1 heterocycles. The molecule has 0 spiro atoms. The van der Waals surface area contributed by atoms with Crippen LogP contribution in [-0.2, 0) is 4.74 Å². The van der Waals surface area contributed by atoms with E-state index >= 15 is 0 Å². The van der Waals surface area contributed by atoms with Gasteiger partial charge in [-0.2, -0.15) is 0 Å². The second-order valence-corrected chi connectivity index (χ2v) is 9.69. The normalized spacial score (nSPS) is 15.1. The Kier molecular flexibility index (Phi) is 2.04. The number of carbonyl (C=O) groups excluding carboxylic acids is 2. The summed E-state index contributed by atoms with van der Waals surface area (Å²) < 4.78 is 4.61. The number of rotatable bonds is 1. The minimum Gasteiger partial charge on any atom is -0.386 e. The highest BCUT2D eigenvalue weighted by atomic mass is 28.3. The van der Waals surface area contributed by atoms with Crippen LogP contribution in [0.5, 0.6) is 0 Å². The maximum atomic E-state index is 11.5. The third-order valence-corrected chi connectivity index (χ3v) is 4.51. The van der Waals surface area contributed by atoms with Crippen LogP contribution in [0.2, 0.25) is 19.6 Å². The zero-order valence-electron chi connectivity index (χ0n) is 8.96. The molecule has 0 atom stereocenters. The summed E-state index contributed by atoms with van der Waals surface area (Å²) in [6.45, 7) is 6.41. The van der Waals surface area contributed by atoms with Crippen molar-refractivity contribution in [3.05, 3.63) is 29.3 Å². The van der Waals surface area contributed by atoms with Gasteiger partial charge in [0, 0.05) is 0 Å². The van der Waals surface area contributed by atoms with Crippen LogP contribution < -0.4 is 5.19 Å². The molecule has 0 radical (unpaired) electrons. The first-order valence-corrected chi connectivity index (χ1v) is 8.31. The fraction of sp³-hybridized carbons (Fsp3) is 0.273. The molecule has 2 rings (SSSR count). The van der Waals surface area contributed by atoms with Gasteiger partial charge in [0.05, 0.1) is 19.2 Å². The molecule has 0 N–H and O–H groups in total. The van der Waals surface area contributed by atoms with Crippen LogP contribution in [0.4, 0.5) is 0 Å². The Morgan fingerprint density at radius 3 is 2.33 bits per heavy atom. The average molecular weight is 220 g/mol. The summed E-state index contributed by atoms with van der Waals surface area (Å²) in [4.78, 5) is 22.9. The van der Waals surface area contributed by atoms with Crippen LogP contribution in [0, 0.1) is 0 Å². The van der Waals surface area contributed by atoms with Crippen molar-refractivity contribution in [3.63, 3.8) is 0 Å². The highest BCUT2D eigenvalue weighted by molar-refractivity contribution is 6.89. The number of cyclic esters (lactones) is 2. The minimum atomic E-state index is -1.61. The Bertz CT molecular complexity index is 457. The van der Waals surface area contributed by atoms with Gasteiger partial charge in [0.2, 0.25) is 0 Å². The monoisotopic (exact) mass is 220 g/mol. The minimum absolute atomic E-state index is 0.417. The molecule has 0 aliphatic carbocycles. The number of hydrogen-bond acceptors (Lipinski definition) is 3.